The largest absolute Gasteiger partial charge is 0.349 e. The first kappa shape index (κ1) is 12.1. The van der Waals surface area contributed by atoms with E-state index in [1.807, 2.05) is 11.8 Å². The summed E-state index contributed by atoms with van der Waals surface area (Å²) in [7, 11) is 0. The van der Waals surface area contributed by atoms with Crippen LogP contribution in [0, 0.1) is 5.92 Å². The smallest absolute Gasteiger partial charge is 0.223 e. The Morgan fingerprint density at radius 1 is 1.17 bits per heavy atom. The standard InChI is InChI=1S/C15H19NOS/c17-15(11-5-1-2-6-11)16-13-9-10-18-14-8-4-3-7-12(13)14/h3-4,7-8,11,13H,1-2,5-6,9-10H2,(H,16,17)/t13-/m0/s1. The molecule has 1 heterocycles. The predicted molar refractivity (Wildman–Crippen MR) is 74.6 cm³/mol. The zero-order chi connectivity index (χ0) is 12.4. The highest BCUT2D eigenvalue weighted by Crippen LogP contribution is 2.36. The van der Waals surface area contributed by atoms with E-state index in [0.717, 1.165) is 25.0 Å². The van der Waals surface area contributed by atoms with Crippen molar-refractivity contribution in [3.63, 3.8) is 0 Å². The van der Waals surface area contributed by atoms with Gasteiger partial charge < -0.3 is 5.32 Å². The Morgan fingerprint density at radius 2 is 1.94 bits per heavy atom. The zero-order valence-corrected chi connectivity index (χ0v) is 11.3. The van der Waals surface area contributed by atoms with Crippen molar-refractivity contribution in [1.82, 2.24) is 5.32 Å². The number of rotatable bonds is 2. The molecule has 1 aliphatic heterocycles. The lowest BCUT2D eigenvalue weighted by Crippen LogP contribution is -2.34. The summed E-state index contributed by atoms with van der Waals surface area (Å²) in [5.41, 5.74) is 1.31. The number of carbonyl (C=O) groups excluding carboxylic acids is 1. The summed E-state index contributed by atoms with van der Waals surface area (Å²) in [5.74, 6) is 1.65. The normalized spacial score (nSPS) is 23.7. The van der Waals surface area contributed by atoms with Crippen molar-refractivity contribution >= 4 is 17.7 Å². The molecule has 0 spiro atoms. The maximum absolute atomic E-state index is 12.2. The van der Waals surface area contributed by atoms with Crippen LogP contribution in [0.25, 0.3) is 0 Å². The molecule has 1 aliphatic carbocycles. The van der Waals surface area contributed by atoms with Gasteiger partial charge in [-0.15, -0.1) is 11.8 Å². The van der Waals surface area contributed by atoms with Crippen LogP contribution in [0.3, 0.4) is 0 Å². The summed E-state index contributed by atoms with van der Waals surface area (Å²) in [6.45, 7) is 0. The molecule has 1 fully saturated rings. The minimum atomic E-state index is 0.232. The molecule has 0 aromatic heterocycles. The Morgan fingerprint density at radius 3 is 2.78 bits per heavy atom. The number of benzene rings is 1. The van der Waals surface area contributed by atoms with Crippen molar-refractivity contribution in [2.24, 2.45) is 5.92 Å². The molecule has 0 radical (unpaired) electrons. The van der Waals surface area contributed by atoms with E-state index in [1.165, 1.54) is 23.3 Å². The van der Waals surface area contributed by atoms with Crippen LogP contribution in [0.1, 0.15) is 43.7 Å². The van der Waals surface area contributed by atoms with Crippen LogP contribution in [0.5, 0.6) is 0 Å². The van der Waals surface area contributed by atoms with Crippen molar-refractivity contribution in [3.05, 3.63) is 29.8 Å². The molecule has 1 saturated carbocycles. The van der Waals surface area contributed by atoms with Crippen molar-refractivity contribution in [3.8, 4) is 0 Å². The summed E-state index contributed by atoms with van der Waals surface area (Å²) in [6.07, 6.45) is 5.65. The number of hydrogen-bond acceptors (Lipinski definition) is 2. The number of nitrogens with one attached hydrogen (secondary N) is 1. The molecule has 3 rings (SSSR count). The van der Waals surface area contributed by atoms with E-state index >= 15 is 0 Å². The highest BCUT2D eigenvalue weighted by molar-refractivity contribution is 7.99. The van der Waals surface area contributed by atoms with E-state index in [0.29, 0.717) is 0 Å². The Labute approximate surface area is 113 Å². The van der Waals surface area contributed by atoms with Gasteiger partial charge in [-0.05, 0) is 30.9 Å². The second-order valence-electron chi connectivity index (χ2n) is 5.22. The lowest BCUT2D eigenvalue weighted by atomic mass is 10.0. The minimum absolute atomic E-state index is 0.232. The summed E-state index contributed by atoms with van der Waals surface area (Å²) in [5, 5.41) is 3.26. The molecule has 1 amide bonds. The van der Waals surface area contributed by atoms with Gasteiger partial charge in [-0.3, -0.25) is 4.79 Å². The van der Waals surface area contributed by atoms with Crippen molar-refractivity contribution in [1.29, 1.82) is 0 Å². The van der Waals surface area contributed by atoms with Gasteiger partial charge in [0.05, 0.1) is 6.04 Å². The second-order valence-corrected chi connectivity index (χ2v) is 6.35. The van der Waals surface area contributed by atoms with Crippen molar-refractivity contribution in [2.75, 3.05) is 5.75 Å². The Balaban J connectivity index is 1.72. The average molecular weight is 261 g/mol. The molecule has 2 nitrogen and oxygen atoms in total. The number of amides is 1. The minimum Gasteiger partial charge on any atom is -0.349 e. The lowest BCUT2D eigenvalue weighted by Gasteiger charge is -2.27. The topological polar surface area (TPSA) is 29.1 Å². The number of fused-ring (bicyclic) bond motifs is 1. The fourth-order valence-corrected chi connectivity index (χ4v) is 4.09. The molecule has 0 saturated heterocycles. The van der Waals surface area contributed by atoms with Crippen LogP contribution >= 0.6 is 11.8 Å². The first-order valence-corrected chi connectivity index (χ1v) is 7.85. The van der Waals surface area contributed by atoms with E-state index < -0.39 is 0 Å². The number of hydrogen-bond donors (Lipinski definition) is 1. The molecule has 2 aliphatic rings. The van der Waals surface area contributed by atoms with Crippen molar-refractivity contribution in [2.45, 2.75) is 43.0 Å². The summed E-state index contributed by atoms with van der Waals surface area (Å²) < 4.78 is 0. The SMILES string of the molecule is O=C(N[C@H]1CCSc2ccccc21)C1CCCC1. The number of thioether (sulfide) groups is 1. The van der Waals surface area contributed by atoms with E-state index in [2.05, 4.69) is 29.6 Å². The molecular weight excluding hydrogens is 242 g/mol. The number of carbonyl (C=O) groups is 1. The fourth-order valence-electron chi connectivity index (χ4n) is 2.97. The van der Waals surface area contributed by atoms with Crippen LogP contribution < -0.4 is 5.32 Å². The van der Waals surface area contributed by atoms with E-state index in [1.54, 1.807) is 0 Å². The van der Waals surface area contributed by atoms with Gasteiger partial charge in [-0.2, -0.15) is 0 Å². The van der Waals surface area contributed by atoms with Gasteiger partial charge >= 0.3 is 0 Å². The average Bonchev–Trinajstić information content (AvgIpc) is 2.93. The van der Waals surface area contributed by atoms with Crippen LogP contribution in [-0.4, -0.2) is 11.7 Å². The highest BCUT2D eigenvalue weighted by atomic mass is 32.2. The van der Waals surface area contributed by atoms with Gasteiger partial charge in [0, 0.05) is 16.6 Å². The van der Waals surface area contributed by atoms with Crippen LogP contribution in [-0.2, 0) is 4.79 Å². The second kappa shape index (κ2) is 5.35. The van der Waals surface area contributed by atoms with Gasteiger partial charge in [-0.1, -0.05) is 31.0 Å². The summed E-state index contributed by atoms with van der Waals surface area (Å²) in [4.78, 5) is 13.5. The molecule has 18 heavy (non-hydrogen) atoms. The molecular formula is C15H19NOS. The monoisotopic (exact) mass is 261 g/mol. The maximum atomic E-state index is 12.2. The van der Waals surface area contributed by atoms with Gasteiger partial charge in [0.25, 0.3) is 0 Å². The van der Waals surface area contributed by atoms with E-state index in [9.17, 15) is 4.79 Å². The maximum Gasteiger partial charge on any atom is 0.223 e. The molecule has 3 heteroatoms. The van der Waals surface area contributed by atoms with Crippen LogP contribution in [0.2, 0.25) is 0 Å². The predicted octanol–water partition coefficient (Wildman–Crippen LogP) is 3.53. The van der Waals surface area contributed by atoms with Crippen LogP contribution in [0.15, 0.2) is 29.2 Å². The van der Waals surface area contributed by atoms with Gasteiger partial charge in [0.1, 0.15) is 0 Å². The summed E-state index contributed by atoms with van der Waals surface area (Å²) in [6, 6.07) is 8.69. The molecule has 1 N–H and O–H groups in total. The third kappa shape index (κ3) is 2.41. The molecule has 1 aromatic rings. The molecule has 1 atom stereocenters. The van der Waals surface area contributed by atoms with E-state index in [-0.39, 0.29) is 17.9 Å². The molecule has 1 aromatic carbocycles. The fraction of sp³-hybridized carbons (Fsp3) is 0.533. The quantitative estimate of drug-likeness (QED) is 0.882. The highest BCUT2D eigenvalue weighted by Gasteiger charge is 2.27. The first-order valence-electron chi connectivity index (χ1n) is 6.87. The van der Waals surface area contributed by atoms with Crippen LogP contribution in [0.4, 0.5) is 0 Å². The lowest BCUT2D eigenvalue weighted by molar-refractivity contribution is -0.125. The molecule has 0 bridgehead atoms. The van der Waals surface area contributed by atoms with Gasteiger partial charge in [-0.25, -0.2) is 0 Å². The summed E-state index contributed by atoms with van der Waals surface area (Å²) >= 11 is 1.90. The van der Waals surface area contributed by atoms with Gasteiger partial charge in [0.15, 0.2) is 0 Å². The third-order valence-corrected chi connectivity index (χ3v) is 5.12. The third-order valence-electron chi connectivity index (χ3n) is 4.00. The van der Waals surface area contributed by atoms with Gasteiger partial charge in [0.2, 0.25) is 5.91 Å². The van der Waals surface area contributed by atoms with E-state index in [4.69, 9.17) is 0 Å². The Bertz CT molecular complexity index is 440. The molecule has 96 valence electrons. The molecule has 0 unspecified atom stereocenters. The van der Waals surface area contributed by atoms with Crippen molar-refractivity contribution < 1.29 is 4.79 Å². The first-order chi connectivity index (χ1) is 8.84. The zero-order valence-electron chi connectivity index (χ0n) is 10.5. The Kier molecular flexibility index (Phi) is 3.59. The Hall–Kier alpha value is -0.960.